The maximum atomic E-state index is 11.5. The van der Waals surface area contributed by atoms with E-state index in [1.807, 2.05) is 29.6 Å². The minimum atomic E-state index is -0.401. The number of thiazole rings is 1. The molecule has 2 aromatic heterocycles. The highest BCUT2D eigenvalue weighted by Crippen LogP contribution is 2.24. The number of benzene rings is 1. The number of H-pyrrole nitrogens is 1. The molecule has 0 aliphatic carbocycles. The summed E-state index contributed by atoms with van der Waals surface area (Å²) in [6.45, 7) is 1.56. The summed E-state index contributed by atoms with van der Waals surface area (Å²) >= 11 is 1.57. The molecule has 0 atom stereocenters. The molecule has 6 heteroatoms. The van der Waals surface area contributed by atoms with Gasteiger partial charge in [0.2, 0.25) is 0 Å². The lowest BCUT2D eigenvalue weighted by Crippen LogP contribution is -2.00. The third kappa shape index (κ3) is 3.44. The van der Waals surface area contributed by atoms with Crippen LogP contribution in [0.2, 0.25) is 0 Å². The number of hydrogen-bond acceptors (Lipinski definition) is 5. The first-order valence-electron chi connectivity index (χ1n) is 7.38. The maximum Gasteiger partial charge on any atom is 0.354 e. The maximum absolute atomic E-state index is 11.5. The Morgan fingerprint density at radius 2 is 2.00 bits per heavy atom. The van der Waals surface area contributed by atoms with Crippen LogP contribution in [0, 0.1) is 0 Å². The van der Waals surface area contributed by atoms with Crippen molar-refractivity contribution >= 4 is 23.1 Å². The Hall–Kier alpha value is -2.73. The summed E-state index contributed by atoms with van der Waals surface area (Å²) in [5.41, 5.74) is 3.89. The molecular weight excluding hydrogens is 324 g/mol. The molecule has 24 heavy (non-hydrogen) atoms. The fourth-order valence-electron chi connectivity index (χ4n) is 2.33. The number of nitrogens with zero attached hydrogens (tertiary/aromatic N) is 1. The Morgan fingerprint density at radius 1 is 1.25 bits per heavy atom. The van der Waals surface area contributed by atoms with Crippen molar-refractivity contribution in [3.8, 4) is 11.3 Å². The van der Waals surface area contributed by atoms with Gasteiger partial charge in [-0.2, -0.15) is 0 Å². The summed E-state index contributed by atoms with van der Waals surface area (Å²) < 4.78 is 4.68. The van der Waals surface area contributed by atoms with E-state index in [9.17, 15) is 9.59 Å². The fraction of sp³-hybridized carbons (Fsp3) is 0.167. The highest BCUT2D eigenvalue weighted by molar-refractivity contribution is 7.10. The number of Topliss-reactive ketones (excluding diaryl/α,β-unsaturated/α-hetero) is 1. The van der Waals surface area contributed by atoms with E-state index >= 15 is 0 Å². The summed E-state index contributed by atoms with van der Waals surface area (Å²) in [6.07, 6.45) is 2.45. The van der Waals surface area contributed by atoms with E-state index in [2.05, 4.69) is 14.7 Å². The van der Waals surface area contributed by atoms with Crippen LogP contribution < -0.4 is 0 Å². The van der Waals surface area contributed by atoms with Crippen LogP contribution in [-0.4, -0.2) is 28.8 Å². The second-order valence-corrected chi connectivity index (χ2v) is 6.29. The van der Waals surface area contributed by atoms with Crippen molar-refractivity contribution in [3.05, 3.63) is 63.7 Å². The van der Waals surface area contributed by atoms with E-state index < -0.39 is 5.97 Å². The topological polar surface area (TPSA) is 72.1 Å². The molecule has 0 spiro atoms. The molecular formula is C18H16N2O3S. The van der Waals surface area contributed by atoms with Crippen molar-refractivity contribution < 1.29 is 14.3 Å². The van der Waals surface area contributed by atoms with Gasteiger partial charge < -0.3 is 9.72 Å². The Kier molecular flexibility index (Phi) is 4.57. The SMILES string of the molecule is COC(=O)c1cc(-c2csc(Cc3ccc(C(C)=O)cc3)n2)c[nH]1. The van der Waals surface area contributed by atoms with E-state index in [1.165, 1.54) is 7.11 Å². The molecule has 0 fully saturated rings. The second-order valence-electron chi connectivity index (χ2n) is 5.35. The average molecular weight is 340 g/mol. The van der Waals surface area contributed by atoms with Crippen molar-refractivity contribution in [2.24, 2.45) is 0 Å². The van der Waals surface area contributed by atoms with Gasteiger partial charge in [0.15, 0.2) is 5.78 Å². The molecule has 5 nitrogen and oxygen atoms in total. The van der Waals surface area contributed by atoms with Gasteiger partial charge in [-0.25, -0.2) is 9.78 Å². The normalized spacial score (nSPS) is 10.6. The first-order chi connectivity index (χ1) is 11.6. The number of aromatic nitrogens is 2. The molecule has 0 amide bonds. The van der Waals surface area contributed by atoms with Crippen molar-refractivity contribution in [2.75, 3.05) is 7.11 Å². The molecule has 0 aliphatic rings. The molecule has 122 valence electrons. The second kappa shape index (κ2) is 6.80. The Labute approximate surface area is 143 Å². The summed E-state index contributed by atoms with van der Waals surface area (Å²) in [5.74, 6) is -0.339. The van der Waals surface area contributed by atoms with Gasteiger partial charge >= 0.3 is 5.97 Å². The average Bonchev–Trinajstić information content (AvgIpc) is 3.23. The number of ether oxygens (including phenoxy) is 1. The summed E-state index contributed by atoms with van der Waals surface area (Å²) in [7, 11) is 1.35. The van der Waals surface area contributed by atoms with Crippen molar-refractivity contribution in [3.63, 3.8) is 0 Å². The van der Waals surface area contributed by atoms with Crippen molar-refractivity contribution in [1.29, 1.82) is 0 Å². The zero-order valence-corrected chi connectivity index (χ0v) is 14.1. The van der Waals surface area contributed by atoms with Crippen LogP contribution in [0.15, 0.2) is 41.9 Å². The molecule has 3 aromatic rings. The molecule has 0 saturated carbocycles. The smallest absolute Gasteiger partial charge is 0.354 e. The predicted octanol–water partition coefficient (Wildman–Crippen LogP) is 3.72. The van der Waals surface area contributed by atoms with Gasteiger partial charge in [0.1, 0.15) is 5.69 Å². The lowest BCUT2D eigenvalue weighted by atomic mass is 10.1. The lowest BCUT2D eigenvalue weighted by molar-refractivity contribution is 0.0594. The quantitative estimate of drug-likeness (QED) is 0.567. The number of carbonyl (C=O) groups excluding carboxylic acids is 2. The van der Waals surface area contributed by atoms with Crippen LogP contribution in [0.4, 0.5) is 0 Å². The number of nitrogens with one attached hydrogen (secondary N) is 1. The minimum Gasteiger partial charge on any atom is -0.464 e. The first-order valence-corrected chi connectivity index (χ1v) is 8.26. The van der Waals surface area contributed by atoms with Crippen LogP contribution >= 0.6 is 11.3 Å². The summed E-state index contributed by atoms with van der Waals surface area (Å²) in [6, 6.07) is 9.29. The monoisotopic (exact) mass is 340 g/mol. The van der Waals surface area contributed by atoms with E-state index in [0.717, 1.165) is 21.8 Å². The highest BCUT2D eigenvalue weighted by Gasteiger charge is 2.12. The molecule has 0 aliphatic heterocycles. The molecule has 0 radical (unpaired) electrons. The number of hydrogen-bond donors (Lipinski definition) is 1. The zero-order chi connectivity index (χ0) is 17.1. The Morgan fingerprint density at radius 3 is 2.67 bits per heavy atom. The predicted molar refractivity (Wildman–Crippen MR) is 92.5 cm³/mol. The van der Waals surface area contributed by atoms with Gasteiger partial charge in [-0.15, -0.1) is 11.3 Å². The number of methoxy groups -OCH3 is 1. The van der Waals surface area contributed by atoms with Gasteiger partial charge in [-0.3, -0.25) is 4.79 Å². The summed E-state index contributed by atoms with van der Waals surface area (Å²) in [5, 5.41) is 2.94. The molecule has 0 bridgehead atoms. The number of ketones is 1. The van der Waals surface area contributed by atoms with Gasteiger partial charge in [-0.05, 0) is 18.6 Å². The molecule has 1 aromatic carbocycles. The van der Waals surface area contributed by atoms with Crippen LogP contribution in [0.5, 0.6) is 0 Å². The molecule has 1 N–H and O–H groups in total. The van der Waals surface area contributed by atoms with E-state index in [1.54, 1.807) is 30.5 Å². The van der Waals surface area contributed by atoms with E-state index in [-0.39, 0.29) is 5.78 Å². The largest absolute Gasteiger partial charge is 0.464 e. The highest BCUT2D eigenvalue weighted by atomic mass is 32.1. The van der Waals surface area contributed by atoms with Crippen LogP contribution in [0.1, 0.15) is 38.3 Å². The fourth-order valence-corrected chi connectivity index (χ4v) is 3.16. The Balaban J connectivity index is 1.74. The van der Waals surface area contributed by atoms with Crippen LogP contribution in [0.25, 0.3) is 11.3 Å². The van der Waals surface area contributed by atoms with Crippen LogP contribution in [-0.2, 0) is 11.2 Å². The zero-order valence-electron chi connectivity index (χ0n) is 13.3. The number of rotatable bonds is 5. The molecule has 0 saturated heterocycles. The number of carbonyl (C=O) groups is 2. The van der Waals surface area contributed by atoms with Gasteiger partial charge in [0.05, 0.1) is 17.8 Å². The standard InChI is InChI=1S/C18H16N2O3S/c1-11(21)13-5-3-12(4-6-13)7-17-20-16(10-24-17)14-8-15(19-9-14)18(22)23-2/h3-6,8-10,19H,7H2,1-2H3. The molecule has 3 rings (SSSR count). The Bertz CT molecular complexity index is 878. The number of esters is 1. The summed E-state index contributed by atoms with van der Waals surface area (Å²) in [4.78, 5) is 30.3. The van der Waals surface area contributed by atoms with Crippen LogP contribution in [0.3, 0.4) is 0 Å². The lowest BCUT2D eigenvalue weighted by Gasteiger charge is -2.00. The number of aromatic amines is 1. The van der Waals surface area contributed by atoms with Gasteiger partial charge in [0.25, 0.3) is 0 Å². The van der Waals surface area contributed by atoms with E-state index in [0.29, 0.717) is 17.7 Å². The molecule has 0 unspecified atom stereocenters. The van der Waals surface area contributed by atoms with Crippen molar-refractivity contribution in [2.45, 2.75) is 13.3 Å². The third-order valence-corrected chi connectivity index (χ3v) is 4.50. The first kappa shape index (κ1) is 16.1. The third-order valence-electron chi connectivity index (χ3n) is 3.65. The van der Waals surface area contributed by atoms with Gasteiger partial charge in [0, 0.05) is 29.1 Å². The van der Waals surface area contributed by atoms with E-state index in [4.69, 9.17) is 0 Å². The minimum absolute atomic E-state index is 0.0620. The van der Waals surface area contributed by atoms with Gasteiger partial charge in [-0.1, -0.05) is 24.3 Å². The molecule has 2 heterocycles. The van der Waals surface area contributed by atoms with Crippen molar-refractivity contribution in [1.82, 2.24) is 9.97 Å².